The van der Waals surface area contributed by atoms with Crippen LogP contribution in [0.5, 0.6) is 5.75 Å². The molecule has 1 fully saturated rings. The van der Waals surface area contributed by atoms with Gasteiger partial charge in [-0.3, -0.25) is 9.20 Å². The molecule has 2 N–H and O–H groups in total. The van der Waals surface area contributed by atoms with Crippen molar-refractivity contribution in [1.29, 1.82) is 0 Å². The predicted octanol–water partition coefficient (Wildman–Crippen LogP) is 3.26. The smallest absolute Gasteiger partial charge is 0.409 e. The third-order valence-corrected chi connectivity index (χ3v) is 6.15. The molecule has 2 amide bonds. The van der Waals surface area contributed by atoms with E-state index in [4.69, 9.17) is 14.0 Å². The molecule has 0 bridgehead atoms. The number of likely N-dealkylation sites (tertiary alicyclic amines) is 1. The molecule has 5 rings (SSSR count). The van der Waals surface area contributed by atoms with E-state index in [1.165, 1.54) is 13.3 Å². The summed E-state index contributed by atoms with van der Waals surface area (Å²) in [4.78, 5) is 35.1. The molecule has 198 valence electrons. The summed E-state index contributed by atoms with van der Waals surface area (Å²) >= 11 is 0. The highest BCUT2D eigenvalue weighted by Gasteiger charge is 2.36. The molecule has 1 aliphatic heterocycles. The molecule has 4 heterocycles. The lowest BCUT2D eigenvalue weighted by Crippen LogP contribution is -2.48. The maximum Gasteiger partial charge on any atom is 0.409 e. The van der Waals surface area contributed by atoms with Gasteiger partial charge in [-0.25, -0.2) is 9.78 Å². The first-order valence-electron chi connectivity index (χ1n) is 12.0. The van der Waals surface area contributed by atoms with E-state index < -0.39 is 5.60 Å². The standard InChI is InChI=1S/C26H28N6O6/c1-15-5-6-16(22-29-24(38-30-22)17-11-31(12-17)25(34)36-4)9-19(15)28-23(33)20-10-27-21-8-7-18(13-32(20)21)37-14-26(2,3)35/h5-10,13,17,35H,11-12,14H2,1-4H3,(H,28,33). The lowest BCUT2D eigenvalue weighted by atomic mass is 10.0. The molecule has 12 heteroatoms. The van der Waals surface area contributed by atoms with E-state index in [-0.39, 0.29) is 24.5 Å². The van der Waals surface area contributed by atoms with Crippen LogP contribution in [0, 0.1) is 6.92 Å². The normalized spacial score (nSPS) is 13.9. The van der Waals surface area contributed by atoms with Gasteiger partial charge in [0, 0.05) is 24.3 Å². The largest absolute Gasteiger partial charge is 0.489 e. The Morgan fingerprint density at radius 2 is 2.03 bits per heavy atom. The molecule has 0 radical (unpaired) electrons. The summed E-state index contributed by atoms with van der Waals surface area (Å²) in [6.45, 7) is 6.19. The number of rotatable bonds is 7. The maximum atomic E-state index is 13.2. The summed E-state index contributed by atoms with van der Waals surface area (Å²) in [5.74, 6) is 0.921. The average molecular weight is 521 g/mol. The molecule has 38 heavy (non-hydrogen) atoms. The number of aryl methyl sites for hydroxylation is 1. The molecule has 3 aromatic heterocycles. The number of nitrogens with one attached hydrogen (secondary N) is 1. The third-order valence-electron chi connectivity index (χ3n) is 6.15. The van der Waals surface area contributed by atoms with Crippen molar-refractivity contribution in [2.75, 3.05) is 32.1 Å². The number of aromatic nitrogens is 4. The molecule has 12 nitrogen and oxygen atoms in total. The lowest BCUT2D eigenvalue weighted by Gasteiger charge is -2.35. The van der Waals surface area contributed by atoms with Crippen LogP contribution in [0.4, 0.5) is 10.5 Å². The molecule has 1 saturated heterocycles. The van der Waals surface area contributed by atoms with Crippen molar-refractivity contribution in [1.82, 2.24) is 24.4 Å². The number of hydrogen-bond donors (Lipinski definition) is 2. The average Bonchev–Trinajstić information content (AvgIpc) is 3.50. The van der Waals surface area contributed by atoms with Crippen LogP contribution in [-0.2, 0) is 4.74 Å². The summed E-state index contributed by atoms with van der Waals surface area (Å²) in [5, 5.41) is 17.0. The number of aliphatic hydroxyl groups is 1. The highest BCUT2D eigenvalue weighted by molar-refractivity contribution is 6.04. The number of methoxy groups -OCH3 is 1. The van der Waals surface area contributed by atoms with Gasteiger partial charge in [-0.05, 0) is 44.5 Å². The molecule has 0 unspecified atom stereocenters. The van der Waals surface area contributed by atoms with E-state index in [0.717, 1.165) is 5.56 Å². The Hall–Kier alpha value is -4.45. The van der Waals surface area contributed by atoms with E-state index in [2.05, 4.69) is 20.4 Å². The Bertz CT molecular complexity index is 1500. The van der Waals surface area contributed by atoms with Gasteiger partial charge in [-0.15, -0.1) is 0 Å². The second-order valence-corrected chi connectivity index (χ2v) is 9.85. The minimum atomic E-state index is -0.993. The van der Waals surface area contributed by atoms with Gasteiger partial charge in [-0.2, -0.15) is 4.98 Å². The summed E-state index contributed by atoms with van der Waals surface area (Å²) in [6.07, 6.45) is 2.77. The van der Waals surface area contributed by atoms with Gasteiger partial charge in [0.1, 0.15) is 23.7 Å². The summed E-state index contributed by atoms with van der Waals surface area (Å²) in [7, 11) is 1.34. The van der Waals surface area contributed by atoms with Gasteiger partial charge in [-0.1, -0.05) is 17.3 Å². The van der Waals surface area contributed by atoms with Crippen molar-refractivity contribution in [3.8, 4) is 17.1 Å². The fourth-order valence-electron chi connectivity index (χ4n) is 3.99. The van der Waals surface area contributed by atoms with Crippen molar-refractivity contribution >= 4 is 23.3 Å². The SMILES string of the molecule is COC(=O)N1CC(c2nc(-c3ccc(C)c(NC(=O)c4cnc5ccc(OCC(C)(C)O)cn45)c3)no2)C1. The Kier molecular flexibility index (Phi) is 6.49. The van der Waals surface area contributed by atoms with E-state index in [1.807, 2.05) is 19.1 Å². The highest BCUT2D eigenvalue weighted by atomic mass is 16.5. The molecule has 4 aromatic rings. The van der Waals surface area contributed by atoms with E-state index in [1.54, 1.807) is 47.5 Å². The minimum absolute atomic E-state index is 0.0487. The number of fused-ring (bicyclic) bond motifs is 1. The zero-order chi connectivity index (χ0) is 27.0. The molecular weight excluding hydrogens is 492 g/mol. The fraction of sp³-hybridized carbons (Fsp3) is 0.346. The number of ether oxygens (including phenoxy) is 2. The molecule has 0 atom stereocenters. The quantitative estimate of drug-likeness (QED) is 0.375. The van der Waals surface area contributed by atoms with Crippen LogP contribution in [-0.4, -0.2) is 73.9 Å². The van der Waals surface area contributed by atoms with E-state index >= 15 is 0 Å². The monoisotopic (exact) mass is 520 g/mol. The summed E-state index contributed by atoms with van der Waals surface area (Å²) in [5.41, 5.74) is 2.02. The van der Waals surface area contributed by atoms with Crippen LogP contribution in [0.15, 0.2) is 47.2 Å². The molecular formula is C26H28N6O6. The molecule has 1 aromatic carbocycles. The van der Waals surface area contributed by atoms with Crippen molar-refractivity contribution in [3.05, 3.63) is 59.9 Å². The first-order chi connectivity index (χ1) is 18.1. The number of hydrogen-bond acceptors (Lipinski definition) is 9. The third kappa shape index (κ3) is 5.16. The number of amides is 2. The Morgan fingerprint density at radius 3 is 2.76 bits per heavy atom. The number of anilines is 1. The second-order valence-electron chi connectivity index (χ2n) is 9.85. The molecule has 0 aliphatic carbocycles. The Labute approximate surface area is 218 Å². The number of benzene rings is 1. The van der Waals surface area contributed by atoms with Gasteiger partial charge in [0.05, 0.1) is 31.0 Å². The number of carbonyl (C=O) groups is 2. The first-order valence-corrected chi connectivity index (χ1v) is 12.0. The van der Waals surface area contributed by atoms with Crippen LogP contribution >= 0.6 is 0 Å². The highest BCUT2D eigenvalue weighted by Crippen LogP contribution is 2.29. The van der Waals surface area contributed by atoms with E-state index in [0.29, 0.717) is 53.1 Å². The van der Waals surface area contributed by atoms with Crippen LogP contribution < -0.4 is 10.1 Å². The number of imidazole rings is 1. The van der Waals surface area contributed by atoms with Gasteiger partial charge < -0.3 is 29.3 Å². The van der Waals surface area contributed by atoms with Gasteiger partial charge in [0.25, 0.3) is 5.91 Å². The number of carbonyl (C=O) groups excluding carboxylic acids is 2. The van der Waals surface area contributed by atoms with E-state index in [9.17, 15) is 14.7 Å². The number of pyridine rings is 1. The molecule has 0 spiro atoms. The van der Waals surface area contributed by atoms with Gasteiger partial charge in [0.2, 0.25) is 11.7 Å². The zero-order valence-electron chi connectivity index (χ0n) is 21.5. The molecule has 1 aliphatic rings. The predicted molar refractivity (Wildman–Crippen MR) is 136 cm³/mol. The van der Waals surface area contributed by atoms with Crippen LogP contribution in [0.25, 0.3) is 17.0 Å². The lowest BCUT2D eigenvalue weighted by molar-refractivity contribution is 0.0283. The molecule has 0 saturated carbocycles. The minimum Gasteiger partial charge on any atom is -0.489 e. The maximum absolute atomic E-state index is 13.2. The van der Waals surface area contributed by atoms with Gasteiger partial charge >= 0.3 is 6.09 Å². The van der Waals surface area contributed by atoms with Crippen molar-refractivity contribution < 1.29 is 28.7 Å². The van der Waals surface area contributed by atoms with Crippen molar-refractivity contribution in [2.45, 2.75) is 32.3 Å². The van der Waals surface area contributed by atoms with Crippen molar-refractivity contribution in [2.24, 2.45) is 0 Å². The summed E-state index contributed by atoms with van der Waals surface area (Å²) < 4.78 is 17.4. The fourth-order valence-corrected chi connectivity index (χ4v) is 3.99. The number of nitrogens with zero attached hydrogens (tertiary/aromatic N) is 5. The summed E-state index contributed by atoms with van der Waals surface area (Å²) in [6, 6.07) is 8.97. The van der Waals surface area contributed by atoms with Crippen LogP contribution in [0.1, 0.15) is 41.7 Å². The van der Waals surface area contributed by atoms with Gasteiger partial charge in [0.15, 0.2) is 0 Å². The first kappa shape index (κ1) is 25.2. The Morgan fingerprint density at radius 1 is 1.24 bits per heavy atom. The second kappa shape index (κ2) is 9.78. The van der Waals surface area contributed by atoms with Crippen LogP contribution in [0.3, 0.4) is 0 Å². The van der Waals surface area contributed by atoms with Crippen LogP contribution in [0.2, 0.25) is 0 Å². The van der Waals surface area contributed by atoms with Crippen molar-refractivity contribution in [3.63, 3.8) is 0 Å². The topological polar surface area (TPSA) is 144 Å². The zero-order valence-corrected chi connectivity index (χ0v) is 21.5. The Balaban J connectivity index is 1.32.